The second-order valence-corrected chi connectivity index (χ2v) is 4.61. The van der Waals surface area contributed by atoms with E-state index in [1.54, 1.807) is 0 Å². The van der Waals surface area contributed by atoms with E-state index in [2.05, 4.69) is 42.4 Å². The molecule has 0 saturated carbocycles. The highest BCUT2D eigenvalue weighted by Crippen LogP contribution is 2.12. The molecule has 0 radical (unpaired) electrons. The third kappa shape index (κ3) is 2.47. The predicted molar refractivity (Wildman–Crippen MR) is 65.8 cm³/mol. The first-order valence-corrected chi connectivity index (χ1v) is 6.17. The highest BCUT2D eigenvalue weighted by molar-refractivity contribution is 5.13. The quantitative estimate of drug-likeness (QED) is 0.776. The maximum Gasteiger partial charge on any atom is 0.0881 e. The van der Waals surface area contributed by atoms with Gasteiger partial charge in [-0.1, -0.05) is 6.92 Å². The van der Waals surface area contributed by atoms with Crippen LogP contribution in [0.3, 0.4) is 0 Å². The smallest absolute Gasteiger partial charge is 0.0881 e. The standard InChI is InChI=1S/C13H22N2O/c1-4-14-7-8-16-13(9-14)10-15-11(2)5-6-12(15)3/h5-6,13H,4,7-10H2,1-3H3. The molecule has 2 heterocycles. The van der Waals surface area contributed by atoms with Crippen molar-refractivity contribution in [2.24, 2.45) is 0 Å². The summed E-state index contributed by atoms with van der Waals surface area (Å²) in [5, 5.41) is 0. The Hall–Kier alpha value is -0.800. The fourth-order valence-electron chi connectivity index (χ4n) is 2.37. The Morgan fingerprint density at radius 2 is 2.00 bits per heavy atom. The van der Waals surface area contributed by atoms with Crippen LogP contribution in [0.4, 0.5) is 0 Å². The molecule has 0 N–H and O–H groups in total. The fourth-order valence-corrected chi connectivity index (χ4v) is 2.37. The van der Waals surface area contributed by atoms with Gasteiger partial charge in [0.15, 0.2) is 0 Å². The average Bonchev–Trinajstić information content (AvgIpc) is 2.61. The molecule has 0 bridgehead atoms. The molecule has 1 aliphatic rings. The molecule has 3 nitrogen and oxygen atoms in total. The van der Waals surface area contributed by atoms with Gasteiger partial charge in [0.25, 0.3) is 0 Å². The van der Waals surface area contributed by atoms with Gasteiger partial charge in [0, 0.05) is 24.5 Å². The fraction of sp³-hybridized carbons (Fsp3) is 0.692. The van der Waals surface area contributed by atoms with E-state index in [9.17, 15) is 0 Å². The summed E-state index contributed by atoms with van der Waals surface area (Å²) in [6.07, 6.45) is 0.346. The number of likely N-dealkylation sites (N-methyl/N-ethyl adjacent to an activating group) is 1. The summed E-state index contributed by atoms with van der Waals surface area (Å²) in [5.74, 6) is 0. The second-order valence-electron chi connectivity index (χ2n) is 4.61. The van der Waals surface area contributed by atoms with E-state index in [4.69, 9.17) is 4.74 Å². The SMILES string of the molecule is CCN1CCOC(Cn2c(C)ccc2C)C1. The molecule has 0 aliphatic carbocycles. The lowest BCUT2D eigenvalue weighted by Gasteiger charge is -2.32. The van der Waals surface area contributed by atoms with E-state index in [0.717, 1.165) is 32.8 Å². The van der Waals surface area contributed by atoms with Crippen molar-refractivity contribution in [3.8, 4) is 0 Å². The molecule has 1 saturated heterocycles. The minimum atomic E-state index is 0.346. The first-order chi connectivity index (χ1) is 7.70. The molecule has 1 aromatic rings. The number of rotatable bonds is 3. The largest absolute Gasteiger partial charge is 0.374 e. The number of hydrogen-bond acceptors (Lipinski definition) is 2. The van der Waals surface area contributed by atoms with Gasteiger partial charge in [-0.3, -0.25) is 4.90 Å². The first-order valence-electron chi connectivity index (χ1n) is 6.17. The van der Waals surface area contributed by atoms with Crippen LogP contribution >= 0.6 is 0 Å². The zero-order chi connectivity index (χ0) is 11.5. The number of aryl methyl sites for hydroxylation is 2. The molecule has 16 heavy (non-hydrogen) atoms. The lowest BCUT2D eigenvalue weighted by molar-refractivity contribution is -0.0346. The zero-order valence-electron chi connectivity index (χ0n) is 10.6. The van der Waals surface area contributed by atoms with Crippen LogP contribution in [0.2, 0.25) is 0 Å². The van der Waals surface area contributed by atoms with Gasteiger partial charge in [0.05, 0.1) is 19.3 Å². The Bertz CT molecular complexity index is 326. The molecule has 2 rings (SSSR count). The molecule has 1 fully saturated rings. The average molecular weight is 222 g/mol. The zero-order valence-corrected chi connectivity index (χ0v) is 10.6. The highest BCUT2D eigenvalue weighted by atomic mass is 16.5. The maximum absolute atomic E-state index is 5.83. The Morgan fingerprint density at radius 1 is 1.31 bits per heavy atom. The van der Waals surface area contributed by atoms with Gasteiger partial charge in [-0.15, -0.1) is 0 Å². The predicted octanol–water partition coefficient (Wildman–Crippen LogP) is 1.83. The number of morpholine rings is 1. The minimum absolute atomic E-state index is 0.346. The van der Waals surface area contributed by atoms with E-state index in [-0.39, 0.29) is 0 Å². The number of nitrogens with zero attached hydrogens (tertiary/aromatic N) is 2. The summed E-state index contributed by atoms with van der Waals surface area (Å²) in [5.41, 5.74) is 2.66. The van der Waals surface area contributed by atoms with Gasteiger partial charge in [0.1, 0.15) is 0 Å². The molecule has 0 spiro atoms. The Balaban J connectivity index is 1.99. The van der Waals surface area contributed by atoms with E-state index in [0.29, 0.717) is 6.10 Å². The Morgan fingerprint density at radius 3 is 2.62 bits per heavy atom. The normalized spacial score (nSPS) is 22.6. The lowest BCUT2D eigenvalue weighted by atomic mass is 10.2. The maximum atomic E-state index is 5.83. The van der Waals surface area contributed by atoms with Gasteiger partial charge in [-0.25, -0.2) is 0 Å². The number of hydrogen-bond donors (Lipinski definition) is 0. The third-order valence-electron chi connectivity index (χ3n) is 3.47. The summed E-state index contributed by atoms with van der Waals surface area (Å²) in [4.78, 5) is 2.46. The van der Waals surface area contributed by atoms with E-state index >= 15 is 0 Å². The summed E-state index contributed by atoms with van der Waals surface area (Å²) in [6, 6.07) is 4.35. The molecule has 0 aromatic carbocycles. The lowest BCUT2D eigenvalue weighted by Crippen LogP contribution is -2.44. The summed E-state index contributed by atoms with van der Waals surface area (Å²) in [7, 11) is 0. The van der Waals surface area contributed by atoms with Crippen LogP contribution in [0, 0.1) is 13.8 Å². The molecule has 1 unspecified atom stereocenters. The van der Waals surface area contributed by atoms with Crippen molar-refractivity contribution < 1.29 is 4.74 Å². The molecular formula is C13H22N2O. The summed E-state index contributed by atoms with van der Waals surface area (Å²) >= 11 is 0. The van der Waals surface area contributed by atoms with Crippen molar-refractivity contribution in [2.75, 3.05) is 26.2 Å². The van der Waals surface area contributed by atoms with Crippen molar-refractivity contribution in [1.82, 2.24) is 9.47 Å². The van der Waals surface area contributed by atoms with E-state index in [1.807, 2.05) is 0 Å². The molecule has 1 aliphatic heterocycles. The van der Waals surface area contributed by atoms with Gasteiger partial charge in [-0.05, 0) is 32.5 Å². The molecule has 1 atom stereocenters. The Labute approximate surface area is 98.0 Å². The van der Waals surface area contributed by atoms with Crippen molar-refractivity contribution >= 4 is 0 Å². The monoisotopic (exact) mass is 222 g/mol. The van der Waals surface area contributed by atoms with Crippen molar-refractivity contribution in [2.45, 2.75) is 33.4 Å². The van der Waals surface area contributed by atoms with Gasteiger partial charge in [-0.2, -0.15) is 0 Å². The van der Waals surface area contributed by atoms with Gasteiger partial charge < -0.3 is 9.30 Å². The topological polar surface area (TPSA) is 17.4 Å². The van der Waals surface area contributed by atoms with Crippen molar-refractivity contribution in [1.29, 1.82) is 0 Å². The van der Waals surface area contributed by atoms with Crippen LogP contribution in [-0.2, 0) is 11.3 Å². The summed E-state index contributed by atoms with van der Waals surface area (Å²) < 4.78 is 8.18. The molecular weight excluding hydrogens is 200 g/mol. The molecule has 1 aromatic heterocycles. The number of ether oxygens (including phenoxy) is 1. The van der Waals surface area contributed by atoms with Crippen LogP contribution in [0.25, 0.3) is 0 Å². The van der Waals surface area contributed by atoms with Crippen molar-refractivity contribution in [3.05, 3.63) is 23.5 Å². The molecule has 3 heteroatoms. The van der Waals surface area contributed by atoms with E-state index < -0.39 is 0 Å². The highest BCUT2D eigenvalue weighted by Gasteiger charge is 2.20. The van der Waals surface area contributed by atoms with Crippen LogP contribution in [0.5, 0.6) is 0 Å². The van der Waals surface area contributed by atoms with Crippen LogP contribution in [-0.4, -0.2) is 41.8 Å². The van der Waals surface area contributed by atoms with Gasteiger partial charge >= 0.3 is 0 Å². The summed E-state index contributed by atoms with van der Waals surface area (Å²) in [6.45, 7) is 11.7. The van der Waals surface area contributed by atoms with Crippen LogP contribution < -0.4 is 0 Å². The van der Waals surface area contributed by atoms with E-state index in [1.165, 1.54) is 11.4 Å². The van der Waals surface area contributed by atoms with Crippen molar-refractivity contribution in [3.63, 3.8) is 0 Å². The molecule has 90 valence electrons. The van der Waals surface area contributed by atoms with Crippen LogP contribution in [0.15, 0.2) is 12.1 Å². The second kappa shape index (κ2) is 5.02. The minimum Gasteiger partial charge on any atom is -0.374 e. The first kappa shape index (κ1) is 11.7. The van der Waals surface area contributed by atoms with Crippen LogP contribution in [0.1, 0.15) is 18.3 Å². The third-order valence-corrected chi connectivity index (χ3v) is 3.47. The Kier molecular flexibility index (Phi) is 3.66. The molecule has 0 amide bonds. The number of aromatic nitrogens is 1. The van der Waals surface area contributed by atoms with Gasteiger partial charge in [0.2, 0.25) is 0 Å².